The molecule has 0 spiro atoms. The largest absolute Gasteiger partial charge is 0.384 e. The maximum absolute atomic E-state index is 12.2. The number of allylic oxidation sites excluding steroid dienone is 2. The zero-order chi connectivity index (χ0) is 25.3. The molecule has 1 unspecified atom stereocenters. The molecule has 1 heterocycles. The van der Waals surface area contributed by atoms with Crippen LogP contribution in [0.5, 0.6) is 0 Å². The van der Waals surface area contributed by atoms with E-state index in [0.29, 0.717) is 39.6 Å². The van der Waals surface area contributed by atoms with Gasteiger partial charge in [0.1, 0.15) is 11.5 Å². The average molecular weight is 507 g/mol. The van der Waals surface area contributed by atoms with E-state index in [-0.39, 0.29) is 11.3 Å². The second-order valence-corrected chi connectivity index (χ2v) is 9.11. The van der Waals surface area contributed by atoms with Gasteiger partial charge in [-0.1, -0.05) is 67.3 Å². The van der Waals surface area contributed by atoms with Crippen LogP contribution in [0.2, 0.25) is 10.0 Å². The minimum atomic E-state index is -0.279. The van der Waals surface area contributed by atoms with Crippen LogP contribution in [0.15, 0.2) is 46.3 Å². The number of nitrogens with two attached hydrogens (primary N) is 1. The highest BCUT2D eigenvalue weighted by Crippen LogP contribution is 2.33. The van der Waals surface area contributed by atoms with Gasteiger partial charge in [0.25, 0.3) is 5.56 Å². The Morgan fingerprint density at radius 2 is 1.82 bits per heavy atom. The standard InChI is InChI=1S/C14H24O.C13H13Cl2N3O/c1-4-7-8-9-13-11-14(15-6-3)10-12(13)5-2;1-3-10-12(16)18(2)13(19)11(17-10)8-5-4-7(14)6-9(8)15/h7-8,14H,4-6,9-11H2,1-3H3;4-6H,3,16H2,1-2H3/b8-7-;. The fraction of sp³-hybridized carbons (Fsp3) is 0.481. The Morgan fingerprint density at radius 3 is 2.41 bits per heavy atom. The number of aromatic nitrogens is 2. The SMILES string of the molecule is CC/C=C\CC1=C(CC)CC(OCC)C1.CCc1nc(-c2ccc(Cl)cc2Cl)c(=O)n(C)c1N. The summed E-state index contributed by atoms with van der Waals surface area (Å²) >= 11 is 12.0. The van der Waals surface area contributed by atoms with Gasteiger partial charge in [0.15, 0.2) is 0 Å². The zero-order valence-corrected chi connectivity index (χ0v) is 22.5. The van der Waals surface area contributed by atoms with Gasteiger partial charge in [0, 0.05) is 24.2 Å². The molecule has 0 radical (unpaired) electrons. The first-order chi connectivity index (χ1) is 16.3. The molecule has 34 heavy (non-hydrogen) atoms. The summed E-state index contributed by atoms with van der Waals surface area (Å²) in [6, 6.07) is 4.94. The van der Waals surface area contributed by atoms with Crippen molar-refractivity contribution in [3.63, 3.8) is 0 Å². The minimum absolute atomic E-state index is 0.279. The minimum Gasteiger partial charge on any atom is -0.384 e. The molecule has 3 rings (SSSR count). The van der Waals surface area contributed by atoms with Crippen LogP contribution >= 0.6 is 23.2 Å². The second kappa shape index (κ2) is 13.7. The van der Waals surface area contributed by atoms with Gasteiger partial charge in [0.2, 0.25) is 0 Å². The number of nitrogen functional groups attached to an aromatic ring is 1. The van der Waals surface area contributed by atoms with Gasteiger partial charge in [-0.3, -0.25) is 9.36 Å². The van der Waals surface area contributed by atoms with Crippen LogP contribution in [0.1, 0.15) is 65.5 Å². The topological polar surface area (TPSA) is 70.1 Å². The van der Waals surface area contributed by atoms with E-state index in [2.05, 4.69) is 37.9 Å². The predicted molar refractivity (Wildman–Crippen MR) is 145 cm³/mol. The van der Waals surface area contributed by atoms with Crippen LogP contribution in [-0.4, -0.2) is 22.3 Å². The summed E-state index contributed by atoms with van der Waals surface area (Å²) in [6.07, 6.45) is 11.5. The van der Waals surface area contributed by atoms with E-state index in [0.717, 1.165) is 25.9 Å². The number of anilines is 1. The highest BCUT2D eigenvalue weighted by Gasteiger charge is 2.22. The van der Waals surface area contributed by atoms with Crippen LogP contribution in [-0.2, 0) is 18.2 Å². The van der Waals surface area contributed by atoms with Crippen molar-refractivity contribution in [1.29, 1.82) is 0 Å². The first-order valence-electron chi connectivity index (χ1n) is 12.0. The molecule has 1 aliphatic carbocycles. The molecule has 0 aliphatic heterocycles. The van der Waals surface area contributed by atoms with Crippen molar-refractivity contribution in [2.75, 3.05) is 12.3 Å². The molecule has 186 valence electrons. The highest BCUT2D eigenvalue weighted by molar-refractivity contribution is 6.36. The first-order valence-corrected chi connectivity index (χ1v) is 12.8. The van der Waals surface area contributed by atoms with E-state index in [9.17, 15) is 4.79 Å². The van der Waals surface area contributed by atoms with Crippen molar-refractivity contribution in [1.82, 2.24) is 9.55 Å². The van der Waals surface area contributed by atoms with Crippen LogP contribution in [0.3, 0.4) is 0 Å². The smallest absolute Gasteiger partial charge is 0.278 e. The van der Waals surface area contributed by atoms with Gasteiger partial charge >= 0.3 is 0 Å². The van der Waals surface area contributed by atoms with E-state index in [4.69, 9.17) is 33.7 Å². The number of rotatable bonds is 8. The van der Waals surface area contributed by atoms with Crippen LogP contribution in [0.4, 0.5) is 5.82 Å². The number of ether oxygens (including phenoxy) is 1. The quantitative estimate of drug-likeness (QED) is 0.386. The van der Waals surface area contributed by atoms with E-state index >= 15 is 0 Å². The fourth-order valence-electron chi connectivity index (χ4n) is 4.10. The Labute approximate surface area is 213 Å². The molecule has 0 bridgehead atoms. The Hall–Kier alpha value is -2.08. The van der Waals surface area contributed by atoms with Gasteiger partial charge < -0.3 is 10.5 Å². The van der Waals surface area contributed by atoms with E-state index in [1.165, 1.54) is 17.4 Å². The summed E-state index contributed by atoms with van der Waals surface area (Å²) < 4.78 is 7.09. The van der Waals surface area contributed by atoms with Crippen molar-refractivity contribution < 1.29 is 4.74 Å². The van der Waals surface area contributed by atoms with Crippen molar-refractivity contribution in [3.8, 4) is 11.3 Å². The van der Waals surface area contributed by atoms with Gasteiger partial charge in [-0.15, -0.1) is 0 Å². The summed E-state index contributed by atoms with van der Waals surface area (Å²) in [5.74, 6) is 0.376. The molecule has 1 aromatic carbocycles. The molecule has 7 heteroatoms. The van der Waals surface area contributed by atoms with Crippen LogP contribution < -0.4 is 11.3 Å². The van der Waals surface area contributed by atoms with Crippen LogP contribution in [0, 0.1) is 0 Å². The molecular formula is C27H37Cl2N3O2. The Balaban J connectivity index is 0.000000248. The van der Waals surface area contributed by atoms with E-state index in [1.54, 1.807) is 36.4 Å². The highest BCUT2D eigenvalue weighted by atomic mass is 35.5. The average Bonchev–Trinajstić information content (AvgIpc) is 3.21. The van der Waals surface area contributed by atoms with E-state index in [1.807, 2.05) is 6.92 Å². The monoisotopic (exact) mass is 505 g/mol. The maximum atomic E-state index is 12.2. The lowest BCUT2D eigenvalue weighted by Gasteiger charge is -2.11. The molecule has 1 aromatic heterocycles. The molecule has 1 atom stereocenters. The molecule has 2 N–H and O–H groups in total. The van der Waals surface area contributed by atoms with Crippen molar-refractivity contribution >= 4 is 29.0 Å². The summed E-state index contributed by atoms with van der Waals surface area (Å²) in [4.78, 5) is 16.6. The predicted octanol–water partition coefficient (Wildman–Crippen LogP) is 7.15. The number of halogens is 2. The Kier molecular flexibility index (Phi) is 11.4. The van der Waals surface area contributed by atoms with Crippen molar-refractivity contribution in [2.24, 2.45) is 7.05 Å². The van der Waals surface area contributed by atoms with E-state index < -0.39 is 0 Å². The molecule has 0 saturated carbocycles. The third-order valence-corrected chi connectivity index (χ3v) is 6.52. The van der Waals surface area contributed by atoms with Crippen molar-refractivity contribution in [3.05, 3.63) is 67.6 Å². The van der Waals surface area contributed by atoms with Gasteiger partial charge in [-0.2, -0.15) is 0 Å². The number of nitrogens with zero attached hydrogens (tertiary/aromatic N) is 2. The summed E-state index contributed by atoms with van der Waals surface area (Å²) in [7, 11) is 1.62. The molecular weight excluding hydrogens is 469 g/mol. The van der Waals surface area contributed by atoms with Crippen molar-refractivity contribution in [2.45, 2.75) is 72.3 Å². The second-order valence-electron chi connectivity index (χ2n) is 8.26. The molecule has 5 nitrogen and oxygen atoms in total. The maximum Gasteiger partial charge on any atom is 0.278 e. The lowest BCUT2D eigenvalue weighted by atomic mass is 10.1. The van der Waals surface area contributed by atoms with Crippen LogP contribution in [0.25, 0.3) is 11.3 Å². The normalized spacial score (nSPS) is 15.7. The molecule has 0 saturated heterocycles. The first kappa shape index (κ1) is 28.2. The Bertz CT molecular complexity index is 1090. The zero-order valence-electron chi connectivity index (χ0n) is 21.0. The number of hydrogen-bond donors (Lipinski definition) is 1. The van der Waals surface area contributed by atoms with Gasteiger partial charge in [-0.05, 0) is 63.6 Å². The number of hydrogen-bond acceptors (Lipinski definition) is 4. The lowest BCUT2D eigenvalue weighted by molar-refractivity contribution is 0.0701. The summed E-state index contributed by atoms with van der Waals surface area (Å²) in [5, 5.41) is 0.903. The number of aryl methyl sites for hydroxylation is 1. The number of benzene rings is 1. The lowest BCUT2D eigenvalue weighted by Crippen LogP contribution is -2.25. The summed E-state index contributed by atoms with van der Waals surface area (Å²) in [6.45, 7) is 9.30. The molecule has 0 fully saturated rings. The third-order valence-electron chi connectivity index (χ3n) is 5.98. The molecule has 0 amide bonds. The molecule has 1 aliphatic rings. The fourth-order valence-corrected chi connectivity index (χ4v) is 4.60. The summed E-state index contributed by atoms with van der Waals surface area (Å²) in [5.41, 5.74) is 10.3. The third kappa shape index (κ3) is 7.21. The Morgan fingerprint density at radius 1 is 1.12 bits per heavy atom. The molecule has 2 aromatic rings. The van der Waals surface area contributed by atoms with Gasteiger partial charge in [0.05, 0.1) is 16.8 Å². The van der Waals surface area contributed by atoms with Gasteiger partial charge in [-0.25, -0.2) is 4.98 Å².